The average Bonchev–Trinajstić information content (AvgIpc) is 2.34. The molecule has 0 aliphatic carbocycles. The van der Waals surface area contributed by atoms with E-state index in [0.29, 0.717) is 17.1 Å². The fraction of sp³-hybridized carbons (Fsp3) is 0.0769. The van der Waals surface area contributed by atoms with Gasteiger partial charge in [-0.25, -0.2) is 9.37 Å². The van der Waals surface area contributed by atoms with E-state index in [1.165, 1.54) is 12.1 Å². The quantitative estimate of drug-likeness (QED) is 0.895. The first-order chi connectivity index (χ1) is 8.61. The van der Waals surface area contributed by atoms with Gasteiger partial charge in [-0.1, -0.05) is 11.6 Å². The van der Waals surface area contributed by atoms with E-state index in [-0.39, 0.29) is 5.02 Å². The molecule has 0 spiro atoms. The number of anilines is 2. The molecule has 2 rings (SSSR count). The van der Waals surface area contributed by atoms with E-state index in [9.17, 15) is 4.39 Å². The predicted octanol–water partition coefficient (Wildman–Crippen LogP) is 3.80. The topological polar surface area (TPSA) is 48.7 Å². The van der Waals surface area contributed by atoms with E-state index in [1.807, 2.05) is 6.92 Å². The third-order valence-corrected chi connectivity index (χ3v) is 2.76. The van der Waals surface area contributed by atoms with E-state index in [0.717, 1.165) is 5.56 Å². The first kappa shape index (κ1) is 12.3. The number of benzene rings is 1. The summed E-state index contributed by atoms with van der Waals surface area (Å²) in [4.78, 5) is 4.07. The molecule has 2 aromatic rings. The van der Waals surface area contributed by atoms with E-state index >= 15 is 0 Å². The minimum atomic E-state index is -0.521. The number of aryl methyl sites for hydroxylation is 1. The van der Waals surface area contributed by atoms with E-state index in [2.05, 4.69) is 16.4 Å². The molecular weight excluding hydrogens is 253 g/mol. The summed E-state index contributed by atoms with van der Waals surface area (Å²) in [5.41, 5.74) is 1.74. The summed E-state index contributed by atoms with van der Waals surface area (Å²) >= 11 is 5.60. The Hall–Kier alpha value is -2.12. The number of nitrogens with one attached hydrogen (secondary N) is 1. The Morgan fingerprint density at radius 3 is 2.83 bits per heavy atom. The van der Waals surface area contributed by atoms with E-state index < -0.39 is 5.82 Å². The number of nitriles is 1. The van der Waals surface area contributed by atoms with Crippen molar-refractivity contribution in [3.8, 4) is 6.07 Å². The summed E-state index contributed by atoms with van der Waals surface area (Å²) in [5.74, 6) is -0.118. The standard InChI is InChI=1S/C13H9ClFN3/c1-8-4-5-17-13(10(8)7-16)18-9-2-3-11(14)12(15)6-9/h2-6H,1H3,(H,17,18). The van der Waals surface area contributed by atoms with Crippen molar-refractivity contribution in [3.63, 3.8) is 0 Å². The fourth-order valence-electron chi connectivity index (χ4n) is 1.50. The van der Waals surface area contributed by atoms with Gasteiger partial charge in [-0.15, -0.1) is 0 Å². The minimum absolute atomic E-state index is 0.0539. The molecule has 0 fully saturated rings. The van der Waals surface area contributed by atoms with Gasteiger partial charge in [-0.2, -0.15) is 5.26 Å². The molecule has 0 unspecified atom stereocenters. The lowest BCUT2D eigenvalue weighted by molar-refractivity contribution is 0.629. The molecule has 0 saturated carbocycles. The van der Waals surface area contributed by atoms with Gasteiger partial charge < -0.3 is 5.32 Å². The molecule has 1 N–H and O–H groups in total. The summed E-state index contributed by atoms with van der Waals surface area (Å²) in [6, 6.07) is 8.13. The van der Waals surface area contributed by atoms with Crippen molar-refractivity contribution in [3.05, 3.63) is 52.4 Å². The largest absolute Gasteiger partial charge is 0.339 e. The van der Waals surface area contributed by atoms with Gasteiger partial charge in [0.1, 0.15) is 17.7 Å². The maximum atomic E-state index is 13.3. The molecule has 0 aliphatic heterocycles. The number of halogens is 2. The molecule has 1 aromatic carbocycles. The van der Waals surface area contributed by atoms with E-state index in [1.54, 1.807) is 18.3 Å². The van der Waals surface area contributed by atoms with Crippen molar-refractivity contribution in [2.75, 3.05) is 5.32 Å². The number of nitrogens with zero attached hydrogens (tertiary/aromatic N) is 2. The van der Waals surface area contributed by atoms with Gasteiger partial charge in [0.2, 0.25) is 0 Å². The highest BCUT2D eigenvalue weighted by atomic mass is 35.5. The molecule has 0 bridgehead atoms. The third kappa shape index (κ3) is 2.41. The van der Waals surface area contributed by atoms with Gasteiger partial charge >= 0.3 is 0 Å². The summed E-state index contributed by atoms with van der Waals surface area (Å²) in [6.45, 7) is 1.81. The number of hydrogen-bond donors (Lipinski definition) is 1. The van der Waals surface area contributed by atoms with Crippen LogP contribution in [-0.2, 0) is 0 Å². The molecule has 0 saturated heterocycles. The first-order valence-corrected chi connectivity index (χ1v) is 5.57. The van der Waals surface area contributed by atoms with Crippen LogP contribution in [-0.4, -0.2) is 4.98 Å². The SMILES string of the molecule is Cc1ccnc(Nc2ccc(Cl)c(F)c2)c1C#N. The smallest absolute Gasteiger partial charge is 0.148 e. The summed E-state index contributed by atoms with van der Waals surface area (Å²) in [5, 5.41) is 12.0. The lowest BCUT2D eigenvalue weighted by Crippen LogP contribution is -1.98. The Labute approximate surface area is 109 Å². The van der Waals surface area contributed by atoms with Crippen molar-refractivity contribution in [1.82, 2.24) is 4.98 Å². The summed E-state index contributed by atoms with van der Waals surface area (Å²) in [6.07, 6.45) is 1.59. The molecule has 1 heterocycles. The van der Waals surface area contributed by atoms with Crippen LogP contribution in [0.4, 0.5) is 15.9 Å². The van der Waals surface area contributed by atoms with E-state index in [4.69, 9.17) is 16.9 Å². The van der Waals surface area contributed by atoms with Gasteiger partial charge in [-0.3, -0.25) is 0 Å². The lowest BCUT2D eigenvalue weighted by atomic mass is 10.1. The van der Waals surface area contributed by atoms with Crippen molar-refractivity contribution in [2.24, 2.45) is 0 Å². The molecule has 90 valence electrons. The molecule has 5 heteroatoms. The Morgan fingerprint density at radius 1 is 1.39 bits per heavy atom. The number of hydrogen-bond acceptors (Lipinski definition) is 3. The van der Waals surface area contributed by atoms with Crippen molar-refractivity contribution >= 4 is 23.1 Å². The Bertz CT molecular complexity index is 635. The van der Waals surface area contributed by atoms with Gasteiger partial charge in [0, 0.05) is 11.9 Å². The summed E-state index contributed by atoms with van der Waals surface area (Å²) < 4.78 is 13.3. The van der Waals surface area contributed by atoms with Crippen LogP contribution in [0.25, 0.3) is 0 Å². The van der Waals surface area contributed by atoms with Gasteiger partial charge in [-0.05, 0) is 36.8 Å². The van der Waals surface area contributed by atoms with Crippen molar-refractivity contribution in [1.29, 1.82) is 5.26 Å². The Kier molecular flexibility index (Phi) is 3.45. The normalized spacial score (nSPS) is 9.89. The molecule has 0 atom stereocenters. The zero-order valence-electron chi connectivity index (χ0n) is 9.54. The molecule has 0 aliphatic rings. The first-order valence-electron chi connectivity index (χ1n) is 5.19. The molecule has 18 heavy (non-hydrogen) atoms. The fourth-order valence-corrected chi connectivity index (χ4v) is 1.62. The van der Waals surface area contributed by atoms with Crippen molar-refractivity contribution < 1.29 is 4.39 Å². The van der Waals surface area contributed by atoms with Crippen LogP contribution >= 0.6 is 11.6 Å². The maximum Gasteiger partial charge on any atom is 0.148 e. The highest BCUT2D eigenvalue weighted by Crippen LogP contribution is 2.23. The zero-order chi connectivity index (χ0) is 13.1. The zero-order valence-corrected chi connectivity index (χ0v) is 10.3. The third-order valence-electron chi connectivity index (χ3n) is 2.45. The number of aromatic nitrogens is 1. The van der Waals surface area contributed by atoms with Crippen molar-refractivity contribution in [2.45, 2.75) is 6.92 Å². The second kappa shape index (κ2) is 5.03. The predicted molar refractivity (Wildman–Crippen MR) is 68.4 cm³/mol. The monoisotopic (exact) mass is 261 g/mol. The number of rotatable bonds is 2. The maximum absolute atomic E-state index is 13.3. The Balaban J connectivity index is 2.37. The van der Waals surface area contributed by atoms with Gasteiger partial charge in [0.25, 0.3) is 0 Å². The highest BCUT2D eigenvalue weighted by Gasteiger charge is 2.08. The molecule has 3 nitrogen and oxygen atoms in total. The second-order valence-corrected chi connectivity index (χ2v) is 4.12. The molecule has 0 radical (unpaired) electrons. The van der Waals surface area contributed by atoms with Crippen LogP contribution in [0.3, 0.4) is 0 Å². The Morgan fingerprint density at radius 2 is 2.17 bits per heavy atom. The van der Waals surface area contributed by atoms with Gasteiger partial charge in [0.15, 0.2) is 0 Å². The molecule has 1 aromatic heterocycles. The summed E-state index contributed by atoms with van der Waals surface area (Å²) in [7, 11) is 0. The van der Waals surface area contributed by atoms with Crippen LogP contribution in [0.15, 0.2) is 30.5 Å². The molecular formula is C13H9ClFN3. The second-order valence-electron chi connectivity index (χ2n) is 3.72. The van der Waals surface area contributed by atoms with Crippen LogP contribution in [0.5, 0.6) is 0 Å². The highest BCUT2D eigenvalue weighted by molar-refractivity contribution is 6.30. The van der Waals surface area contributed by atoms with Crippen LogP contribution in [0.1, 0.15) is 11.1 Å². The van der Waals surface area contributed by atoms with Gasteiger partial charge in [0.05, 0.1) is 10.6 Å². The lowest BCUT2D eigenvalue weighted by Gasteiger charge is -2.09. The van der Waals surface area contributed by atoms with Crippen LogP contribution < -0.4 is 5.32 Å². The minimum Gasteiger partial charge on any atom is -0.339 e. The number of pyridine rings is 1. The van der Waals surface area contributed by atoms with Crippen LogP contribution in [0.2, 0.25) is 5.02 Å². The average molecular weight is 262 g/mol. The van der Waals surface area contributed by atoms with Crippen LogP contribution in [0, 0.1) is 24.1 Å². The molecule has 0 amide bonds.